The molecule has 0 saturated carbocycles. The van der Waals surface area contributed by atoms with Crippen LogP contribution in [0, 0.1) is 20.8 Å². The quantitative estimate of drug-likeness (QED) is 0.294. The maximum absolute atomic E-state index is 13.2. The summed E-state index contributed by atoms with van der Waals surface area (Å²) in [7, 11) is 0. The molecule has 1 N–H and O–H groups in total. The molecule has 6 nitrogen and oxygen atoms in total. The fourth-order valence-electron chi connectivity index (χ4n) is 4.28. The fraction of sp³-hybridized carbons (Fsp3) is 0.286. The van der Waals surface area contributed by atoms with Crippen LogP contribution in [0.2, 0.25) is 0 Å². The van der Waals surface area contributed by atoms with E-state index in [2.05, 4.69) is 0 Å². The Labute approximate surface area is 199 Å². The molecule has 1 aliphatic rings. The smallest absolute Gasteiger partial charge is 0.296 e. The zero-order valence-corrected chi connectivity index (χ0v) is 20.1. The van der Waals surface area contributed by atoms with E-state index in [0.29, 0.717) is 17.1 Å². The molecule has 6 heteroatoms. The number of ether oxygens (including phenoxy) is 1. The van der Waals surface area contributed by atoms with Gasteiger partial charge in [-0.1, -0.05) is 23.8 Å². The zero-order valence-electron chi connectivity index (χ0n) is 20.1. The second-order valence-corrected chi connectivity index (χ2v) is 9.02. The van der Waals surface area contributed by atoms with E-state index in [1.807, 2.05) is 52.8 Å². The van der Waals surface area contributed by atoms with Gasteiger partial charge in [-0.05, 0) is 81.6 Å². The molecule has 1 fully saturated rings. The molecule has 34 heavy (non-hydrogen) atoms. The molecule has 3 aromatic rings. The summed E-state index contributed by atoms with van der Waals surface area (Å²) in [5.41, 5.74) is 4.28. The van der Waals surface area contributed by atoms with Crippen molar-refractivity contribution in [2.45, 2.75) is 53.3 Å². The Kier molecular flexibility index (Phi) is 6.33. The molecular formula is C28H29NO5. The predicted molar refractivity (Wildman–Crippen MR) is 129 cm³/mol. The van der Waals surface area contributed by atoms with Gasteiger partial charge < -0.3 is 19.2 Å². The van der Waals surface area contributed by atoms with E-state index in [0.717, 1.165) is 22.3 Å². The Bertz CT molecular complexity index is 1270. The van der Waals surface area contributed by atoms with E-state index >= 15 is 0 Å². The molecule has 176 valence electrons. The summed E-state index contributed by atoms with van der Waals surface area (Å²) in [6, 6.07) is 13.8. The maximum Gasteiger partial charge on any atom is 0.296 e. The summed E-state index contributed by atoms with van der Waals surface area (Å²) < 4.78 is 11.4. The number of ketones is 1. The first kappa shape index (κ1) is 23.4. The van der Waals surface area contributed by atoms with Gasteiger partial charge in [-0.15, -0.1) is 0 Å². The third kappa shape index (κ3) is 4.36. The van der Waals surface area contributed by atoms with Crippen molar-refractivity contribution in [2.75, 3.05) is 0 Å². The third-order valence-electron chi connectivity index (χ3n) is 6.01. The van der Waals surface area contributed by atoms with Gasteiger partial charge in [0.1, 0.15) is 23.3 Å². The summed E-state index contributed by atoms with van der Waals surface area (Å²) in [6.07, 6.45) is 1.50. The van der Waals surface area contributed by atoms with Crippen LogP contribution in [0.3, 0.4) is 0 Å². The largest absolute Gasteiger partial charge is 0.507 e. The van der Waals surface area contributed by atoms with Gasteiger partial charge in [-0.25, -0.2) is 0 Å². The average molecular weight is 460 g/mol. The molecule has 1 aliphatic heterocycles. The monoisotopic (exact) mass is 459 g/mol. The van der Waals surface area contributed by atoms with Crippen LogP contribution in [-0.2, 0) is 16.1 Å². The fourth-order valence-corrected chi connectivity index (χ4v) is 4.28. The minimum Gasteiger partial charge on any atom is -0.507 e. The van der Waals surface area contributed by atoms with Crippen molar-refractivity contribution in [3.63, 3.8) is 0 Å². The lowest BCUT2D eigenvalue weighted by Crippen LogP contribution is -2.29. The van der Waals surface area contributed by atoms with E-state index in [4.69, 9.17) is 9.15 Å². The first-order valence-electron chi connectivity index (χ1n) is 11.3. The Hall–Kier alpha value is -3.80. The van der Waals surface area contributed by atoms with Gasteiger partial charge in [0.05, 0.1) is 17.9 Å². The number of hydrogen-bond donors (Lipinski definition) is 1. The lowest BCUT2D eigenvalue weighted by molar-refractivity contribution is -0.140. The Morgan fingerprint density at radius 3 is 2.47 bits per heavy atom. The van der Waals surface area contributed by atoms with Crippen LogP contribution in [-0.4, -0.2) is 27.8 Å². The molecule has 0 spiro atoms. The minimum atomic E-state index is -0.832. The van der Waals surface area contributed by atoms with Crippen molar-refractivity contribution in [1.29, 1.82) is 0 Å². The molecule has 1 atom stereocenters. The summed E-state index contributed by atoms with van der Waals surface area (Å²) in [4.78, 5) is 27.8. The second-order valence-electron chi connectivity index (χ2n) is 9.02. The first-order chi connectivity index (χ1) is 16.2. The molecule has 2 heterocycles. The van der Waals surface area contributed by atoms with Crippen LogP contribution >= 0.6 is 0 Å². The predicted octanol–water partition coefficient (Wildman–Crippen LogP) is 5.61. The van der Waals surface area contributed by atoms with Crippen molar-refractivity contribution < 1.29 is 23.8 Å². The Morgan fingerprint density at radius 2 is 1.82 bits per heavy atom. The highest BCUT2D eigenvalue weighted by atomic mass is 16.5. The molecule has 1 amide bonds. The zero-order chi connectivity index (χ0) is 24.6. The molecule has 1 aromatic heterocycles. The highest BCUT2D eigenvalue weighted by Crippen LogP contribution is 2.41. The molecule has 0 radical (unpaired) electrons. The van der Waals surface area contributed by atoms with E-state index < -0.39 is 17.7 Å². The number of carbonyl (C=O) groups is 2. The van der Waals surface area contributed by atoms with E-state index in [1.165, 1.54) is 11.2 Å². The number of Topliss-reactive ketones (excluding diaryl/α,β-unsaturated/α-hetero) is 1. The van der Waals surface area contributed by atoms with Crippen LogP contribution in [0.4, 0.5) is 0 Å². The van der Waals surface area contributed by atoms with Gasteiger partial charge >= 0.3 is 0 Å². The maximum atomic E-state index is 13.2. The number of hydrogen-bond acceptors (Lipinski definition) is 5. The summed E-state index contributed by atoms with van der Waals surface area (Å²) in [6.45, 7) is 9.92. The van der Waals surface area contributed by atoms with Crippen molar-refractivity contribution >= 4 is 17.4 Å². The van der Waals surface area contributed by atoms with E-state index in [9.17, 15) is 14.7 Å². The van der Waals surface area contributed by atoms with Crippen LogP contribution < -0.4 is 4.74 Å². The Morgan fingerprint density at radius 1 is 1.06 bits per heavy atom. The topological polar surface area (TPSA) is 80.0 Å². The van der Waals surface area contributed by atoms with Gasteiger partial charge in [0.25, 0.3) is 11.7 Å². The van der Waals surface area contributed by atoms with Crippen LogP contribution in [0.5, 0.6) is 5.75 Å². The normalized spacial score (nSPS) is 17.6. The third-order valence-corrected chi connectivity index (χ3v) is 6.01. The number of amides is 1. The van der Waals surface area contributed by atoms with Crippen LogP contribution in [0.15, 0.2) is 64.8 Å². The molecule has 1 unspecified atom stereocenters. The Balaban J connectivity index is 1.80. The summed E-state index contributed by atoms with van der Waals surface area (Å²) in [5.74, 6) is -0.515. The number of rotatable bonds is 6. The van der Waals surface area contributed by atoms with Crippen molar-refractivity contribution in [1.82, 2.24) is 4.90 Å². The molecular weight excluding hydrogens is 430 g/mol. The number of benzene rings is 2. The lowest BCUT2D eigenvalue weighted by atomic mass is 9.98. The van der Waals surface area contributed by atoms with Gasteiger partial charge in [0, 0.05) is 12.1 Å². The number of aryl methyl sites for hydroxylation is 3. The number of aliphatic hydroxyl groups is 1. The lowest BCUT2D eigenvalue weighted by Gasteiger charge is -2.24. The van der Waals surface area contributed by atoms with Crippen molar-refractivity contribution in [3.8, 4) is 5.75 Å². The first-order valence-corrected chi connectivity index (χ1v) is 11.3. The van der Waals surface area contributed by atoms with E-state index in [1.54, 1.807) is 30.3 Å². The second kappa shape index (κ2) is 9.21. The number of likely N-dealkylation sites (tertiary alicyclic amines) is 1. The summed E-state index contributed by atoms with van der Waals surface area (Å²) in [5, 5.41) is 11.3. The van der Waals surface area contributed by atoms with Crippen molar-refractivity contribution in [3.05, 3.63) is 93.9 Å². The number of nitrogens with zero attached hydrogens (tertiary/aromatic N) is 1. The highest BCUT2D eigenvalue weighted by Gasteiger charge is 2.47. The number of aliphatic hydroxyl groups excluding tert-OH is 1. The van der Waals surface area contributed by atoms with Gasteiger partial charge in [-0.2, -0.15) is 0 Å². The van der Waals surface area contributed by atoms with Crippen LogP contribution in [0.1, 0.15) is 53.5 Å². The number of furan rings is 1. The van der Waals surface area contributed by atoms with Gasteiger partial charge in [0.2, 0.25) is 0 Å². The van der Waals surface area contributed by atoms with Gasteiger partial charge in [-0.3, -0.25) is 9.59 Å². The minimum absolute atomic E-state index is 0.00695. The molecule has 1 saturated heterocycles. The van der Waals surface area contributed by atoms with Crippen LogP contribution in [0.25, 0.3) is 5.76 Å². The van der Waals surface area contributed by atoms with E-state index in [-0.39, 0.29) is 24.0 Å². The highest BCUT2D eigenvalue weighted by molar-refractivity contribution is 6.46. The molecule has 0 bridgehead atoms. The average Bonchev–Trinajstić information content (AvgIpc) is 3.39. The molecule has 0 aliphatic carbocycles. The number of carbonyl (C=O) groups excluding carboxylic acids is 2. The standard InChI is InChI=1S/C28H29NO5/c1-16(2)34-22-11-10-20(14-19(22)5)26(30)24-25(23-7-6-12-33-23)29(28(32)27(24)31)15-21-13-17(3)8-9-18(21)4/h6-14,16,25,30H,15H2,1-5H3/b26-24-. The van der Waals surface area contributed by atoms with Gasteiger partial charge in [0.15, 0.2) is 0 Å². The molecule has 4 rings (SSSR count). The molecule has 2 aromatic carbocycles. The van der Waals surface area contributed by atoms with Crippen molar-refractivity contribution in [2.24, 2.45) is 0 Å². The summed E-state index contributed by atoms with van der Waals surface area (Å²) >= 11 is 0. The SMILES string of the molecule is Cc1ccc(C)c(CN2C(=O)C(=O)/C(=C(\O)c3ccc(OC(C)C)c(C)c3)C2c2ccco2)c1.